The van der Waals surface area contributed by atoms with E-state index in [9.17, 15) is 4.79 Å². The zero-order valence-electron chi connectivity index (χ0n) is 15.1. The highest BCUT2D eigenvalue weighted by molar-refractivity contribution is 5.70. The summed E-state index contributed by atoms with van der Waals surface area (Å²) in [6.07, 6.45) is 4.80. The number of aromatic nitrogens is 3. The van der Waals surface area contributed by atoms with Gasteiger partial charge in [-0.1, -0.05) is 12.2 Å². The first-order chi connectivity index (χ1) is 12.7. The Kier molecular flexibility index (Phi) is 7.81. The second-order valence-corrected chi connectivity index (χ2v) is 5.73. The van der Waals surface area contributed by atoms with Gasteiger partial charge in [0.05, 0.1) is 0 Å². The summed E-state index contributed by atoms with van der Waals surface area (Å²) in [5.74, 6) is 1.21. The number of carbonyl (C=O) groups excluding carboxylic acids is 1. The summed E-state index contributed by atoms with van der Waals surface area (Å²) in [5, 5.41) is 6.17. The summed E-state index contributed by atoms with van der Waals surface area (Å²) < 4.78 is 10.2. The van der Waals surface area contributed by atoms with Crippen LogP contribution in [0.15, 0.2) is 25.3 Å². The number of nitrogens with one attached hydrogen (secondary N) is 2. The van der Waals surface area contributed by atoms with Crippen molar-refractivity contribution in [2.24, 2.45) is 0 Å². The topological polar surface area (TPSA) is 102 Å². The van der Waals surface area contributed by atoms with Gasteiger partial charge < -0.3 is 25.0 Å². The molecule has 1 aromatic heterocycles. The first-order valence-corrected chi connectivity index (χ1v) is 8.55. The number of rotatable bonds is 10. The van der Waals surface area contributed by atoms with Gasteiger partial charge in [0, 0.05) is 46.1 Å². The van der Waals surface area contributed by atoms with Crippen molar-refractivity contribution in [3.63, 3.8) is 0 Å². The van der Waals surface area contributed by atoms with Gasteiger partial charge in [0.1, 0.15) is 12.7 Å². The Morgan fingerprint density at radius 2 is 1.73 bits per heavy atom. The van der Waals surface area contributed by atoms with Gasteiger partial charge in [-0.25, -0.2) is 4.79 Å². The van der Waals surface area contributed by atoms with Crippen molar-refractivity contribution in [1.29, 1.82) is 0 Å². The molecule has 26 heavy (non-hydrogen) atoms. The summed E-state index contributed by atoms with van der Waals surface area (Å²) in [5.41, 5.74) is 0. The van der Waals surface area contributed by atoms with Gasteiger partial charge in [-0.3, -0.25) is 0 Å². The normalized spacial score (nSPS) is 14.6. The lowest BCUT2D eigenvalue weighted by atomic mass is 10.1. The molecule has 0 atom stereocenters. The van der Waals surface area contributed by atoms with Gasteiger partial charge in [-0.15, -0.1) is 13.2 Å². The average Bonchev–Trinajstić information content (AvgIpc) is 2.65. The SMILES string of the molecule is C=CCNc1nc(NCC=C)nc(N2CCC(OC(=O)COC)CC2)n1. The third-order valence-corrected chi connectivity index (χ3v) is 3.72. The van der Waals surface area contributed by atoms with Crippen LogP contribution in [-0.4, -0.2) is 66.9 Å². The van der Waals surface area contributed by atoms with E-state index in [4.69, 9.17) is 9.47 Å². The number of nitrogens with zero attached hydrogens (tertiary/aromatic N) is 4. The Balaban J connectivity index is 2.01. The largest absolute Gasteiger partial charge is 0.461 e. The van der Waals surface area contributed by atoms with Crippen molar-refractivity contribution in [3.05, 3.63) is 25.3 Å². The highest BCUT2D eigenvalue weighted by Gasteiger charge is 2.24. The molecule has 0 spiro atoms. The summed E-state index contributed by atoms with van der Waals surface area (Å²) in [7, 11) is 1.47. The third-order valence-electron chi connectivity index (χ3n) is 3.72. The molecule has 1 aliphatic heterocycles. The van der Waals surface area contributed by atoms with Gasteiger partial charge in [-0.2, -0.15) is 15.0 Å². The van der Waals surface area contributed by atoms with Crippen molar-refractivity contribution in [3.8, 4) is 0 Å². The molecule has 0 bridgehead atoms. The maximum atomic E-state index is 11.5. The Labute approximate surface area is 153 Å². The standard InChI is InChI=1S/C17H26N6O3/c1-4-8-18-15-20-16(19-9-5-2)22-17(21-15)23-10-6-13(7-11-23)26-14(24)12-25-3/h4-5,13H,1-2,6-12H2,3H3,(H2,18,19,20,21,22). The maximum absolute atomic E-state index is 11.5. The van der Waals surface area contributed by atoms with Crippen molar-refractivity contribution in [1.82, 2.24) is 15.0 Å². The minimum Gasteiger partial charge on any atom is -0.461 e. The Hall–Kier alpha value is -2.68. The van der Waals surface area contributed by atoms with E-state index in [1.807, 2.05) is 0 Å². The highest BCUT2D eigenvalue weighted by atomic mass is 16.6. The molecule has 1 aromatic rings. The van der Waals surface area contributed by atoms with E-state index in [2.05, 4.69) is 43.6 Å². The summed E-state index contributed by atoms with van der Waals surface area (Å²) >= 11 is 0. The van der Waals surface area contributed by atoms with Crippen molar-refractivity contribution < 1.29 is 14.3 Å². The molecule has 0 aromatic carbocycles. The van der Waals surface area contributed by atoms with Crippen LogP contribution in [0.3, 0.4) is 0 Å². The summed E-state index contributed by atoms with van der Waals surface area (Å²) in [6, 6.07) is 0. The molecule has 1 fully saturated rings. The van der Waals surface area contributed by atoms with Crippen LogP contribution in [0.25, 0.3) is 0 Å². The molecule has 142 valence electrons. The predicted molar refractivity (Wildman–Crippen MR) is 100 cm³/mol. The van der Waals surface area contributed by atoms with Crippen LogP contribution in [0.2, 0.25) is 0 Å². The Morgan fingerprint density at radius 3 is 2.23 bits per heavy atom. The Morgan fingerprint density at radius 1 is 1.15 bits per heavy atom. The molecule has 1 saturated heterocycles. The minimum absolute atomic E-state index is 0.0235. The lowest BCUT2D eigenvalue weighted by Crippen LogP contribution is -2.39. The quantitative estimate of drug-likeness (QED) is 0.470. The molecule has 0 radical (unpaired) electrons. The lowest BCUT2D eigenvalue weighted by Gasteiger charge is -2.31. The van der Waals surface area contributed by atoms with Gasteiger partial charge in [0.2, 0.25) is 17.8 Å². The average molecular weight is 362 g/mol. The van der Waals surface area contributed by atoms with Gasteiger partial charge in [0.25, 0.3) is 0 Å². The first-order valence-electron chi connectivity index (χ1n) is 8.55. The molecule has 2 heterocycles. The van der Waals surface area contributed by atoms with E-state index in [0.717, 1.165) is 0 Å². The van der Waals surface area contributed by atoms with Crippen LogP contribution in [0.1, 0.15) is 12.8 Å². The monoisotopic (exact) mass is 362 g/mol. The van der Waals surface area contributed by atoms with Crippen molar-refractivity contribution >= 4 is 23.8 Å². The lowest BCUT2D eigenvalue weighted by molar-refractivity contribution is -0.154. The molecule has 2 rings (SSSR count). The minimum atomic E-state index is -0.335. The van der Waals surface area contributed by atoms with Crippen LogP contribution in [0.5, 0.6) is 0 Å². The zero-order valence-corrected chi connectivity index (χ0v) is 15.1. The fourth-order valence-electron chi connectivity index (χ4n) is 2.50. The van der Waals surface area contributed by atoms with E-state index in [1.165, 1.54) is 7.11 Å². The predicted octanol–water partition coefficient (Wildman–Crippen LogP) is 1.23. The highest BCUT2D eigenvalue weighted by Crippen LogP contribution is 2.20. The van der Waals surface area contributed by atoms with Gasteiger partial charge in [-0.05, 0) is 0 Å². The molecular weight excluding hydrogens is 336 g/mol. The van der Waals surface area contributed by atoms with Crippen LogP contribution in [0, 0.1) is 0 Å². The van der Waals surface area contributed by atoms with E-state index in [0.29, 0.717) is 56.9 Å². The third kappa shape index (κ3) is 5.99. The zero-order chi connectivity index (χ0) is 18.8. The molecule has 2 N–H and O–H groups in total. The van der Waals surface area contributed by atoms with E-state index < -0.39 is 0 Å². The molecule has 0 amide bonds. The smallest absolute Gasteiger partial charge is 0.332 e. The number of hydrogen-bond donors (Lipinski definition) is 2. The molecule has 0 saturated carbocycles. The number of piperidine rings is 1. The van der Waals surface area contributed by atoms with E-state index in [1.54, 1.807) is 12.2 Å². The molecule has 1 aliphatic rings. The maximum Gasteiger partial charge on any atom is 0.332 e. The Bertz CT molecular complexity index is 586. The van der Waals surface area contributed by atoms with Crippen LogP contribution in [0.4, 0.5) is 17.8 Å². The number of carbonyl (C=O) groups is 1. The second kappa shape index (κ2) is 10.3. The number of methoxy groups -OCH3 is 1. The number of anilines is 3. The summed E-state index contributed by atoms with van der Waals surface area (Å²) in [4.78, 5) is 26.8. The van der Waals surface area contributed by atoms with Gasteiger partial charge >= 0.3 is 5.97 Å². The molecule has 9 nitrogen and oxygen atoms in total. The van der Waals surface area contributed by atoms with Crippen LogP contribution in [-0.2, 0) is 14.3 Å². The first kappa shape index (κ1) is 19.6. The number of hydrogen-bond acceptors (Lipinski definition) is 9. The number of esters is 1. The van der Waals surface area contributed by atoms with E-state index >= 15 is 0 Å². The van der Waals surface area contributed by atoms with Crippen LogP contribution >= 0.6 is 0 Å². The fraction of sp³-hybridized carbons (Fsp3) is 0.529. The fourth-order valence-corrected chi connectivity index (χ4v) is 2.50. The van der Waals surface area contributed by atoms with Crippen molar-refractivity contribution in [2.45, 2.75) is 18.9 Å². The molecular formula is C17H26N6O3. The molecule has 0 aliphatic carbocycles. The van der Waals surface area contributed by atoms with E-state index in [-0.39, 0.29) is 18.7 Å². The van der Waals surface area contributed by atoms with Gasteiger partial charge in [0.15, 0.2) is 0 Å². The van der Waals surface area contributed by atoms with Crippen molar-refractivity contribution in [2.75, 3.05) is 55.4 Å². The summed E-state index contributed by atoms with van der Waals surface area (Å²) in [6.45, 7) is 9.84. The van der Waals surface area contributed by atoms with Crippen LogP contribution < -0.4 is 15.5 Å². The second-order valence-electron chi connectivity index (χ2n) is 5.73. The molecule has 9 heteroatoms. The number of ether oxygens (including phenoxy) is 2. The molecule has 0 unspecified atom stereocenters.